The third-order valence-electron chi connectivity index (χ3n) is 3.08. The third-order valence-corrected chi connectivity index (χ3v) is 3.08. The fourth-order valence-corrected chi connectivity index (χ4v) is 2.10. The highest BCUT2D eigenvalue weighted by molar-refractivity contribution is 5.71. The lowest BCUT2D eigenvalue weighted by Gasteiger charge is -2.16. The van der Waals surface area contributed by atoms with Gasteiger partial charge in [-0.25, -0.2) is 0 Å². The summed E-state index contributed by atoms with van der Waals surface area (Å²) in [5.74, 6) is -0.284. The molecular formula is C14H17N3O3. The molecule has 0 saturated carbocycles. The van der Waals surface area contributed by atoms with Crippen LogP contribution >= 0.6 is 0 Å². The van der Waals surface area contributed by atoms with Crippen LogP contribution in [0, 0.1) is 0 Å². The Morgan fingerprint density at radius 2 is 2.10 bits per heavy atom. The average Bonchev–Trinajstić information content (AvgIpc) is 2.84. The van der Waals surface area contributed by atoms with Crippen LogP contribution in [0.4, 0.5) is 0 Å². The number of carbonyl (C=O) groups is 1. The maximum Gasteiger partial charge on any atom is 0.306 e. The normalized spacial score (nSPS) is 12.1. The highest BCUT2D eigenvalue weighted by Gasteiger charge is 2.22. The van der Waals surface area contributed by atoms with Gasteiger partial charge in [-0.1, -0.05) is 17.3 Å². The van der Waals surface area contributed by atoms with Gasteiger partial charge in [-0.15, -0.1) is 5.10 Å². The van der Waals surface area contributed by atoms with E-state index in [1.54, 1.807) is 49.1 Å². The van der Waals surface area contributed by atoms with Crippen molar-refractivity contribution in [1.82, 2.24) is 15.0 Å². The minimum absolute atomic E-state index is 0.187. The number of aryl methyl sites for hydroxylation is 1. The molecule has 106 valence electrons. The number of aromatic hydroxyl groups is 1. The second kappa shape index (κ2) is 6.18. The number of phenols is 1. The Kier molecular flexibility index (Phi) is 4.34. The Morgan fingerprint density at radius 3 is 2.65 bits per heavy atom. The number of hydrogen-bond donors (Lipinski definition) is 1. The van der Waals surface area contributed by atoms with Crippen LogP contribution in [0.5, 0.6) is 5.75 Å². The molecule has 1 N–H and O–H groups in total. The van der Waals surface area contributed by atoms with Crippen LogP contribution < -0.4 is 0 Å². The lowest BCUT2D eigenvalue weighted by atomic mass is 9.92. The summed E-state index contributed by atoms with van der Waals surface area (Å²) in [4.78, 5) is 11.8. The number of nitrogens with zero attached hydrogens (tertiary/aromatic N) is 3. The second-order valence-electron chi connectivity index (χ2n) is 4.44. The second-order valence-corrected chi connectivity index (χ2v) is 4.44. The van der Waals surface area contributed by atoms with Crippen LogP contribution in [-0.4, -0.2) is 32.7 Å². The number of esters is 1. The van der Waals surface area contributed by atoms with Crippen molar-refractivity contribution in [2.45, 2.75) is 19.3 Å². The molecule has 0 saturated heterocycles. The van der Waals surface area contributed by atoms with Gasteiger partial charge in [-0.3, -0.25) is 9.48 Å². The smallest absolute Gasteiger partial charge is 0.306 e. The first-order valence-electron chi connectivity index (χ1n) is 6.41. The molecule has 0 unspecified atom stereocenters. The van der Waals surface area contributed by atoms with Crippen molar-refractivity contribution in [3.05, 3.63) is 41.7 Å². The molecule has 0 aliphatic rings. The number of ether oxygens (including phenoxy) is 1. The van der Waals surface area contributed by atoms with Gasteiger partial charge in [0.05, 0.1) is 24.9 Å². The first-order valence-corrected chi connectivity index (χ1v) is 6.41. The van der Waals surface area contributed by atoms with E-state index >= 15 is 0 Å². The van der Waals surface area contributed by atoms with Gasteiger partial charge in [-0.2, -0.15) is 0 Å². The van der Waals surface area contributed by atoms with E-state index in [0.717, 1.165) is 11.3 Å². The zero-order valence-corrected chi connectivity index (χ0v) is 11.5. The van der Waals surface area contributed by atoms with Crippen molar-refractivity contribution in [3.8, 4) is 5.75 Å². The highest BCUT2D eigenvalue weighted by Crippen LogP contribution is 2.28. The standard InChI is InChI=1S/C14H17N3O3/c1-3-20-14(19)8-12(13-9-15-16-17(13)2)10-4-6-11(18)7-5-10/h4-7,9,12,18H,3,8H2,1-2H3/t12-/m0/s1. The van der Waals surface area contributed by atoms with Crippen LogP contribution in [0.15, 0.2) is 30.5 Å². The molecule has 0 aliphatic heterocycles. The zero-order chi connectivity index (χ0) is 14.5. The summed E-state index contributed by atoms with van der Waals surface area (Å²) in [7, 11) is 1.78. The number of rotatable bonds is 5. The molecule has 1 atom stereocenters. The van der Waals surface area contributed by atoms with Gasteiger partial charge >= 0.3 is 5.97 Å². The van der Waals surface area contributed by atoms with E-state index in [9.17, 15) is 9.90 Å². The van der Waals surface area contributed by atoms with E-state index in [2.05, 4.69) is 10.3 Å². The largest absolute Gasteiger partial charge is 0.508 e. The van der Waals surface area contributed by atoms with Gasteiger partial charge < -0.3 is 9.84 Å². The van der Waals surface area contributed by atoms with E-state index in [1.165, 1.54) is 0 Å². The first kappa shape index (κ1) is 14.0. The molecule has 2 rings (SSSR count). The third kappa shape index (κ3) is 3.14. The molecule has 6 heteroatoms. The van der Waals surface area contributed by atoms with Gasteiger partial charge in [0, 0.05) is 13.0 Å². The summed E-state index contributed by atoms with van der Waals surface area (Å²) in [5.41, 5.74) is 1.73. The van der Waals surface area contributed by atoms with Gasteiger partial charge in [0.1, 0.15) is 5.75 Å². The molecule has 1 aromatic heterocycles. The molecule has 20 heavy (non-hydrogen) atoms. The van der Waals surface area contributed by atoms with E-state index < -0.39 is 0 Å². The summed E-state index contributed by atoms with van der Waals surface area (Å²) >= 11 is 0. The highest BCUT2D eigenvalue weighted by atomic mass is 16.5. The van der Waals surface area contributed by atoms with E-state index in [1.807, 2.05) is 0 Å². The van der Waals surface area contributed by atoms with Gasteiger partial charge in [0.15, 0.2) is 0 Å². The first-order chi connectivity index (χ1) is 9.61. The predicted molar refractivity (Wildman–Crippen MR) is 72.2 cm³/mol. The maximum atomic E-state index is 11.8. The van der Waals surface area contributed by atoms with Crippen molar-refractivity contribution in [2.24, 2.45) is 7.05 Å². The lowest BCUT2D eigenvalue weighted by Crippen LogP contribution is -2.14. The van der Waals surface area contributed by atoms with Crippen LogP contribution in [0.2, 0.25) is 0 Å². The number of aromatic nitrogens is 3. The lowest BCUT2D eigenvalue weighted by molar-refractivity contribution is -0.143. The van der Waals surface area contributed by atoms with Gasteiger partial charge in [0.25, 0.3) is 0 Å². The molecule has 0 amide bonds. The summed E-state index contributed by atoms with van der Waals surface area (Å²) in [6, 6.07) is 6.76. The minimum atomic E-state index is -0.272. The Bertz CT molecular complexity index is 578. The Hall–Kier alpha value is -2.37. The van der Waals surface area contributed by atoms with Crippen molar-refractivity contribution < 1.29 is 14.6 Å². The Morgan fingerprint density at radius 1 is 1.40 bits per heavy atom. The summed E-state index contributed by atoms with van der Waals surface area (Å²) in [6.45, 7) is 2.13. The molecule has 6 nitrogen and oxygen atoms in total. The number of phenolic OH excluding ortho intramolecular Hbond substituents is 1. The SMILES string of the molecule is CCOC(=O)C[C@@H](c1ccc(O)cc1)c1cnnn1C. The molecule has 1 aromatic carbocycles. The summed E-state index contributed by atoms with van der Waals surface area (Å²) in [5, 5.41) is 17.1. The molecule has 2 aromatic rings. The minimum Gasteiger partial charge on any atom is -0.508 e. The fraction of sp³-hybridized carbons (Fsp3) is 0.357. The monoisotopic (exact) mass is 275 g/mol. The molecule has 0 bridgehead atoms. The van der Waals surface area contributed by atoms with E-state index in [0.29, 0.717) is 6.61 Å². The van der Waals surface area contributed by atoms with Crippen LogP contribution in [0.25, 0.3) is 0 Å². The average molecular weight is 275 g/mol. The van der Waals surface area contributed by atoms with Crippen molar-refractivity contribution >= 4 is 5.97 Å². The Labute approximate surface area is 117 Å². The van der Waals surface area contributed by atoms with E-state index in [4.69, 9.17) is 4.74 Å². The van der Waals surface area contributed by atoms with E-state index in [-0.39, 0.29) is 24.1 Å². The molecule has 0 fully saturated rings. The quantitative estimate of drug-likeness (QED) is 0.839. The number of hydrogen-bond acceptors (Lipinski definition) is 5. The van der Waals surface area contributed by atoms with Crippen molar-refractivity contribution in [3.63, 3.8) is 0 Å². The number of benzene rings is 1. The van der Waals surface area contributed by atoms with Crippen LogP contribution in [0.1, 0.15) is 30.5 Å². The Balaban J connectivity index is 2.31. The van der Waals surface area contributed by atoms with Gasteiger partial charge in [-0.05, 0) is 24.6 Å². The predicted octanol–water partition coefficient (Wildman–Crippen LogP) is 1.61. The topological polar surface area (TPSA) is 77.2 Å². The fourth-order valence-electron chi connectivity index (χ4n) is 2.10. The number of carbonyl (C=O) groups excluding carboxylic acids is 1. The van der Waals surface area contributed by atoms with Crippen LogP contribution in [-0.2, 0) is 16.6 Å². The summed E-state index contributed by atoms with van der Waals surface area (Å²) in [6.07, 6.45) is 1.84. The zero-order valence-electron chi connectivity index (χ0n) is 11.5. The van der Waals surface area contributed by atoms with Gasteiger partial charge in [0.2, 0.25) is 0 Å². The molecule has 0 radical (unpaired) electrons. The maximum absolute atomic E-state index is 11.8. The van der Waals surface area contributed by atoms with Crippen molar-refractivity contribution in [1.29, 1.82) is 0 Å². The van der Waals surface area contributed by atoms with Crippen molar-refractivity contribution in [2.75, 3.05) is 6.61 Å². The molecule has 0 aliphatic carbocycles. The molecule has 1 heterocycles. The molecular weight excluding hydrogens is 258 g/mol. The van der Waals surface area contributed by atoms with Crippen LogP contribution in [0.3, 0.4) is 0 Å². The molecule has 0 spiro atoms. The summed E-state index contributed by atoms with van der Waals surface area (Å²) < 4.78 is 6.65.